The Balaban J connectivity index is 1.21. The third-order valence-electron chi connectivity index (χ3n) is 7.33. The molecule has 2 N–H and O–H groups in total. The highest BCUT2D eigenvalue weighted by Gasteiger charge is 2.22. The number of halogens is 1. The summed E-state index contributed by atoms with van der Waals surface area (Å²) in [5.41, 5.74) is 10.5. The summed E-state index contributed by atoms with van der Waals surface area (Å²) in [7, 11) is 3.35. The van der Waals surface area contributed by atoms with Gasteiger partial charge >= 0.3 is 0 Å². The maximum Gasteiger partial charge on any atom is 0.208 e. The average molecular weight is 546 g/mol. The zero-order valence-corrected chi connectivity index (χ0v) is 23.4. The van der Waals surface area contributed by atoms with Crippen molar-refractivity contribution >= 4 is 45.8 Å². The van der Waals surface area contributed by atoms with Crippen LogP contribution in [0.3, 0.4) is 0 Å². The minimum atomic E-state index is 0.335. The Morgan fingerprint density at radius 1 is 1.00 bits per heavy atom. The van der Waals surface area contributed by atoms with Gasteiger partial charge in [-0.05, 0) is 73.8 Å². The van der Waals surface area contributed by atoms with Crippen LogP contribution in [0.4, 0.5) is 17.3 Å². The SMILES string of the molecule is CN=C(N)N(c1cc2ccccc2o1)c1cc(CCCCN2CCN(c3ccc(Cl)cc3)CC2)ccc1OC. The molecule has 1 aliphatic rings. The lowest BCUT2D eigenvalue weighted by molar-refractivity contribution is 0.253. The highest BCUT2D eigenvalue weighted by atomic mass is 35.5. The van der Waals surface area contributed by atoms with E-state index >= 15 is 0 Å². The smallest absolute Gasteiger partial charge is 0.208 e. The van der Waals surface area contributed by atoms with Gasteiger partial charge in [-0.15, -0.1) is 0 Å². The van der Waals surface area contributed by atoms with Crippen molar-refractivity contribution in [2.45, 2.75) is 19.3 Å². The van der Waals surface area contributed by atoms with Gasteiger partial charge in [-0.1, -0.05) is 35.9 Å². The normalized spacial score (nSPS) is 14.6. The molecule has 0 aliphatic carbocycles. The van der Waals surface area contributed by atoms with Crippen LogP contribution in [-0.4, -0.2) is 57.7 Å². The summed E-state index contributed by atoms with van der Waals surface area (Å²) in [4.78, 5) is 11.1. The number of hydrogen-bond donors (Lipinski definition) is 1. The van der Waals surface area contributed by atoms with Crippen LogP contribution in [0.5, 0.6) is 5.75 Å². The molecular weight excluding hydrogens is 510 g/mol. The van der Waals surface area contributed by atoms with Crippen LogP contribution in [-0.2, 0) is 6.42 Å². The summed E-state index contributed by atoms with van der Waals surface area (Å²) in [6.07, 6.45) is 3.22. The van der Waals surface area contributed by atoms with Crippen LogP contribution in [0.15, 0.2) is 82.2 Å². The van der Waals surface area contributed by atoms with E-state index in [9.17, 15) is 0 Å². The molecule has 1 saturated heterocycles. The van der Waals surface area contributed by atoms with Crippen LogP contribution in [0.2, 0.25) is 5.02 Å². The van der Waals surface area contributed by atoms with Gasteiger partial charge in [0.25, 0.3) is 0 Å². The minimum absolute atomic E-state index is 0.335. The second kappa shape index (κ2) is 12.5. The molecule has 3 aromatic carbocycles. The van der Waals surface area contributed by atoms with Crippen LogP contribution in [0, 0.1) is 0 Å². The number of piperazine rings is 1. The standard InChI is InChI=1S/C31H36ClN5O2/c1-34-31(33)37(30-22-24-8-3-4-9-28(24)39-30)27-21-23(10-15-29(27)38-2)7-5-6-16-35-17-19-36(20-18-35)26-13-11-25(32)12-14-26/h3-4,8-15,21-22H,5-7,16-20H2,1-2H3,(H2,33,34). The molecule has 7 nitrogen and oxygen atoms in total. The Hall–Kier alpha value is -3.68. The molecule has 39 heavy (non-hydrogen) atoms. The number of unbranched alkanes of at least 4 members (excludes halogenated alkanes) is 1. The lowest BCUT2D eigenvalue weighted by Crippen LogP contribution is -2.46. The van der Waals surface area contributed by atoms with Gasteiger partial charge in [0, 0.05) is 55.4 Å². The van der Waals surface area contributed by atoms with Crippen molar-refractivity contribution in [3.63, 3.8) is 0 Å². The summed E-state index contributed by atoms with van der Waals surface area (Å²) < 4.78 is 11.9. The molecule has 4 aromatic rings. The van der Waals surface area contributed by atoms with E-state index in [0.717, 1.165) is 73.7 Å². The Labute approximate surface area is 235 Å². The van der Waals surface area contributed by atoms with Gasteiger partial charge in [0.1, 0.15) is 11.3 Å². The number of anilines is 3. The summed E-state index contributed by atoms with van der Waals surface area (Å²) in [5.74, 6) is 1.65. The number of hydrogen-bond acceptors (Lipinski definition) is 5. The molecule has 2 heterocycles. The van der Waals surface area contributed by atoms with Crippen molar-refractivity contribution in [2.24, 2.45) is 10.7 Å². The number of nitrogens with two attached hydrogens (primary N) is 1. The molecule has 0 saturated carbocycles. The minimum Gasteiger partial charge on any atom is -0.495 e. The van der Waals surface area contributed by atoms with E-state index in [4.69, 9.17) is 26.5 Å². The molecule has 0 atom stereocenters. The van der Waals surface area contributed by atoms with E-state index < -0.39 is 0 Å². The second-order valence-electron chi connectivity index (χ2n) is 9.81. The van der Waals surface area contributed by atoms with E-state index in [2.05, 4.69) is 39.1 Å². The van der Waals surface area contributed by atoms with E-state index in [1.54, 1.807) is 14.2 Å². The van der Waals surface area contributed by atoms with E-state index in [-0.39, 0.29) is 0 Å². The second-order valence-corrected chi connectivity index (χ2v) is 10.2. The number of furan rings is 1. The predicted octanol–water partition coefficient (Wildman–Crippen LogP) is 6.32. The first-order valence-electron chi connectivity index (χ1n) is 13.5. The van der Waals surface area contributed by atoms with Gasteiger partial charge < -0.3 is 19.8 Å². The van der Waals surface area contributed by atoms with Crippen LogP contribution in [0.25, 0.3) is 11.0 Å². The van der Waals surface area contributed by atoms with Crippen molar-refractivity contribution in [1.82, 2.24) is 4.90 Å². The number of benzene rings is 3. The van der Waals surface area contributed by atoms with E-state index in [1.165, 1.54) is 11.3 Å². The monoisotopic (exact) mass is 545 g/mol. The molecule has 0 unspecified atom stereocenters. The van der Waals surface area contributed by atoms with Crippen molar-refractivity contribution in [2.75, 3.05) is 56.7 Å². The third kappa shape index (κ3) is 6.32. The highest BCUT2D eigenvalue weighted by Crippen LogP contribution is 2.37. The number of aryl methyl sites for hydroxylation is 1. The number of nitrogens with zero attached hydrogens (tertiary/aromatic N) is 4. The van der Waals surface area contributed by atoms with Crippen LogP contribution < -0.4 is 20.3 Å². The number of ether oxygens (including phenoxy) is 1. The Morgan fingerprint density at radius 2 is 1.77 bits per heavy atom. The number of methoxy groups -OCH3 is 1. The zero-order valence-electron chi connectivity index (χ0n) is 22.6. The molecule has 0 bridgehead atoms. The van der Waals surface area contributed by atoms with Gasteiger partial charge in [0.15, 0.2) is 0 Å². The Bertz CT molecular complexity index is 1380. The first-order valence-corrected chi connectivity index (χ1v) is 13.8. The number of rotatable bonds is 9. The lowest BCUT2D eigenvalue weighted by atomic mass is 10.1. The van der Waals surface area contributed by atoms with Gasteiger partial charge in [-0.2, -0.15) is 0 Å². The molecule has 0 amide bonds. The van der Waals surface area contributed by atoms with Crippen molar-refractivity contribution in [3.05, 3.63) is 83.4 Å². The number of para-hydroxylation sites is 1. The molecular formula is C31H36ClN5O2. The Morgan fingerprint density at radius 3 is 2.49 bits per heavy atom. The summed E-state index contributed by atoms with van der Waals surface area (Å²) in [6, 6.07) is 24.3. The molecule has 0 spiro atoms. The first kappa shape index (κ1) is 26.9. The van der Waals surface area contributed by atoms with Crippen LogP contribution >= 0.6 is 11.6 Å². The molecule has 1 aromatic heterocycles. The maximum atomic E-state index is 6.38. The third-order valence-corrected chi connectivity index (χ3v) is 7.58. The molecule has 0 radical (unpaired) electrons. The van der Waals surface area contributed by atoms with Crippen molar-refractivity contribution in [1.29, 1.82) is 0 Å². The topological polar surface area (TPSA) is 70.5 Å². The van der Waals surface area contributed by atoms with Crippen molar-refractivity contribution < 1.29 is 9.15 Å². The first-order chi connectivity index (χ1) is 19.1. The number of aliphatic imine (C=N–C) groups is 1. The van der Waals surface area contributed by atoms with E-state index in [0.29, 0.717) is 17.6 Å². The van der Waals surface area contributed by atoms with Gasteiger partial charge in [-0.25, -0.2) is 4.90 Å². The molecule has 204 valence electrons. The lowest BCUT2D eigenvalue weighted by Gasteiger charge is -2.36. The quantitative estimate of drug-likeness (QED) is 0.151. The largest absolute Gasteiger partial charge is 0.495 e. The molecule has 1 fully saturated rings. The number of guanidine groups is 1. The zero-order chi connectivity index (χ0) is 27.2. The molecule has 5 rings (SSSR count). The van der Waals surface area contributed by atoms with Gasteiger partial charge in [-0.3, -0.25) is 9.89 Å². The predicted molar refractivity (Wildman–Crippen MR) is 162 cm³/mol. The average Bonchev–Trinajstić information content (AvgIpc) is 3.40. The summed E-state index contributed by atoms with van der Waals surface area (Å²) >= 11 is 6.04. The fraction of sp³-hybridized carbons (Fsp3) is 0.323. The molecule has 1 aliphatic heterocycles. The van der Waals surface area contributed by atoms with Gasteiger partial charge in [0.05, 0.1) is 12.8 Å². The summed E-state index contributed by atoms with van der Waals surface area (Å²) in [5, 5.41) is 1.79. The van der Waals surface area contributed by atoms with E-state index in [1.807, 2.05) is 53.4 Å². The molecule has 8 heteroatoms. The maximum absolute atomic E-state index is 6.38. The highest BCUT2D eigenvalue weighted by molar-refractivity contribution is 6.30. The Kier molecular flexibility index (Phi) is 8.59. The van der Waals surface area contributed by atoms with Crippen molar-refractivity contribution in [3.8, 4) is 5.75 Å². The van der Waals surface area contributed by atoms with Gasteiger partial charge in [0.2, 0.25) is 11.8 Å². The van der Waals surface area contributed by atoms with Crippen LogP contribution in [0.1, 0.15) is 18.4 Å². The number of fused-ring (bicyclic) bond motifs is 1. The summed E-state index contributed by atoms with van der Waals surface area (Å²) in [6.45, 7) is 5.36. The fourth-order valence-electron chi connectivity index (χ4n) is 5.15. The fourth-order valence-corrected chi connectivity index (χ4v) is 5.27.